The topological polar surface area (TPSA) is 48.7 Å². The van der Waals surface area contributed by atoms with E-state index in [4.69, 9.17) is 13.9 Å². The Morgan fingerprint density at radius 3 is 2.67 bits per heavy atom. The van der Waals surface area contributed by atoms with Gasteiger partial charge in [-0.05, 0) is 29.8 Å². The van der Waals surface area contributed by atoms with Crippen LogP contribution in [-0.2, 0) is 6.61 Å². The van der Waals surface area contributed by atoms with Gasteiger partial charge < -0.3 is 13.9 Å². The van der Waals surface area contributed by atoms with E-state index in [1.807, 2.05) is 30.3 Å². The molecule has 1 aliphatic rings. The molecule has 0 N–H and O–H groups in total. The second-order valence-electron chi connectivity index (χ2n) is 5.39. The first-order chi connectivity index (χ1) is 11.8. The van der Waals surface area contributed by atoms with Gasteiger partial charge in [0.2, 0.25) is 5.78 Å². The van der Waals surface area contributed by atoms with Crippen LogP contribution in [0.4, 0.5) is 0 Å². The van der Waals surface area contributed by atoms with Gasteiger partial charge in [0.05, 0.1) is 11.8 Å². The molecule has 4 rings (SSSR count). The molecule has 0 saturated carbocycles. The number of carbonyl (C=O) groups excluding carboxylic acids is 1. The highest BCUT2D eigenvalue weighted by atomic mass is 16.5. The van der Waals surface area contributed by atoms with Crippen molar-refractivity contribution in [2.75, 3.05) is 0 Å². The Kier molecular flexibility index (Phi) is 3.63. The van der Waals surface area contributed by atoms with Crippen molar-refractivity contribution >= 4 is 11.9 Å². The summed E-state index contributed by atoms with van der Waals surface area (Å²) >= 11 is 0. The molecule has 1 aliphatic heterocycles. The monoisotopic (exact) mass is 318 g/mol. The third-order valence-electron chi connectivity index (χ3n) is 3.71. The fourth-order valence-corrected chi connectivity index (χ4v) is 2.50. The molecule has 24 heavy (non-hydrogen) atoms. The van der Waals surface area contributed by atoms with E-state index in [1.165, 1.54) is 0 Å². The number of ether oxygens (including phenoxy) is 2. The maximum absolute atomic E-state index is 12.3. The fourth-order valence-electron chi connectivity index (χ4n) is 2.50. The van der Waals surface area contributed by atoms with Crippen molar-refractivity contribution in [2.45, 2.75) is 6.61 Å². The molecule has 0 amide bonds. The molecule has 2 heterocycles. The summed E-state index contributed by atoms with van der Waals surface area (Å²) in [6, 6.07) is 18.7. The Morgan fingerprint density at radius 2 is 1.88 bits per heavy atom. The predicted octanol–water partition coefficient (Wildman–Crippen LogP) is 4.47. The Hall–Kier alpha value is -3.27. The molecule has 1 aromatic heterocycles. The molecule has 0 unspecified atom stereocenters. The lowest BCUT2D eigenvalue weighted by molar-refractivity contribution is 0.101. The van der Waals surface area contributed by atoms with Crippen LogP contribution in [0, 0.1) is 0 Å². The first kappa shape index (κ1) is 14.3. The van der Waals surface area contributed by atoms with Gasteiger partial charge in [-0.2, -0.15) is 0 Å². The second kappa shape index (κ2) is 6.08. The number of rotatable bonds is 4. The maximum atomic E-state index is 12.3. The van der Waals surface area contributed by atoms with Crippen LogP contribution in [0.15, 0.2) is 77.1 Å². The molecule has 3 aromatic rings. The van der Waals surface area contributed by atoms with E-state index in [0.29, 0.717) is 29.4 Å². The van der Waals surface area contributed by atoms with E-state index >= 15 is 0 Å². The zero-order valence-electron chi connectivity index (χ0n) is 12.8. The Morgan fingerprint density at radius 1 is 1.00 bits per heavy atom. The van der Waals surface area contributed by atoms with Gasteiger partial charge in [-0.25, -0.2) is 0 Å². The Balaban J connectivity index is 1.52. The summed E-state index contributed by atoms with van der Waals surface area (Å²) in [7, 11) is 0. The summed E-state index contributed by atoms with van der Waals surface area (Å²) in [6.07, 6.45) is 3.14. The van der Waals surface area contributed by atoms with Crippen LogP contribution in [0.1, 0.15) is 21.7 Å². The molecule has 0 fully saturated rings. The quantitative estimate of drug-likeness (QED) is 0.666. The van der Waals surface area contributed by atoms with Crippen molar-refractivity contribution < 1.29 is 18.7 Å². The summed E-state index contributed by atoms with van der Waals surface area (Å²) in [5, 5.41) is 0. The SMILES string of the molecule is O=C1/C(=C\c2ccco2)Oc2cc(OCc3ccccc3)ccc21. The highest BCUT2D eigenvalue weighted by Gasteiger charge is 2.28. The third kappa shape index (κ3) is 2.82. The summed E-state index contributed by atoms with van der Waals surface area (Å²) in [4.78, 5) is 12.3. The lowest BCUT2D eigenvalue weighted by atomic mass is 10.1. The van der Waals surface area contributed by atoms with Gasteiger partial charge in [0, 0.05) is 12.1 Å². The Bertz CT molecular complexity index is 893. The van der Waals surface area contributed by atoms with Crippen LogP contribution in [0.2, 0.25) is 0 Å². The van der Waals surface area contributed by atoms with Gasteiger partial charge in [0.15, 0.2) is 5.76 Å². The van der Waals surface area contributed by atoms with Crippen molar-refractivity contribution in [1.82, 2.24) is 0 Å². The number of fused-ring (bicyclic) bond motifs is 1. The van der Waals surface area contributed by atoms with Crippen LogP contribution in [0.5, 0.6) is 11.5 Å². The van der Waals surface area contributed by atoms with E-state index < -0.39 is 0 Å². The summed E-state index contributed by atoms with van der Waals surface area (Å²) < 4.78 is 16.6. The molecular weight excluding hydrogens is 304 g/mol. The number of hydrogen-bond acceptors (Lipinski definition) is 4. The van der Waals surface area contributed by atoms with Crippen LogP contribution in [0.25, 0.3) is 6.08 Å². The fraction of sp³-hybridized carbons (Fsp3) is 0.0500. The number of furan rings is 1. The number of hydrogen-bond donors (Lipinski definition) is 0. The third-order valence-corrected chi connectivity index (χ3v) is 3.71. The zero-order valence-corrected chi connectivity index (χ0v) is 12.8. The number of carbonyl (C=O) groups is 1. The van der Waals surface area contributed by atoms with Gasteiger partial charge in [0.1, 0.15) is 23.9 Å². The maximum Gasteiger partial charge on any atom is 0.232 e. The molecule has 0 saturated heterocycles. The molecule has 2 aromatic carbocycles. The largest absolute Gasteiger partial charge is 0.489 e. The van der Waals surface area contributed by atoms with E-state index in [1.54, 1.807) is 42.7 Å². The lowest BCUT2D eigenvalue weighted by Crippen LogP contribution is -1.97. The summed E-state index contributed by atoms with van der Waals surface area (Å²) in [5.74, 6) is 1.83. The molecule has 0 spiro atoms. The number of benzene rings is 2. The first-order valence-corrected chi connectivity index (χ1v) is 7.58. The average molecular weight is 318 g/mol. The van der Waals surface area contributed by atoms with Crippen molar-refractivity contribution in [2.24, 2.45) is 0 Å². The van der Waals surface area contributed by atoms with Gasteiger partial charge in [-0.1, -0.05) is 30.3 Å². The normalized spacial score (nSPS) is 14.5. The van der Waals surface area contributed by atoms with Crippen molar-refractivity contribution in [3.05, 3.63) is 89.6 Å². The minimum atomic E-state index is -0.156. The van der Waals surface area contributed by atoms with Crippen molar-refractivity contribution in [3.63, 3.8) is 0 Å². The van der Waals surface area contributed by atoms with Gasteiger partial charge in [0.25, 0.3) is 0 Å². The van der Waals surface area contributed by atoms with Gasteiger partial charge in [-0.3, -0.25) is 4.79 Å². The summed E-state index contributed by atoms with van der Waals surface area (Å²) in [6.45, 7) is 0.461. The lowest BCUT2D eigenvalue weighted by Gasteiger charge is -2.07. The van der Waals surface area contributed by atoms with Crippen LogP contribution in [0.3, 0.4) is 0 Å². The molecule has 118 valence electrons. The van der Waals surface area contributed by atoms with Crippen LogP contribution < -0.4 is 9.47 Å². The molecule has 4 nitrogen and oxygen atoms in total. The summed E-state index contributed by atoms with van der Waals surface area (Å²) in [5.41, 5.74) is 1.60. The van der Waals surface area contributed by atoms with Crippen LogP contribution >= 0.6 is 0 Å². The average Bonchev–Trinajstić information content (AvgIpc) is 3.23. The minimum absolute atomic E-state index is 0.156. The van der Waals surface area contributed by atoms with Crippen LogP contribution in [-0.4, -0.2) is 5.78 Å². The van der Waals surface area contributed by atoms with E-state index in [9.17, 15) is 4.79 Å². The van der Waals surface area contributed by atoms with E-state index in [0.717, 1.165) is 5.56 Å². The minimum Gasteiger partial charge on any atom is -0.489 e. The molecular formula is C20H14O4. The smallest absolute Gasteiger partial charge is 0.232 e. The van der Waals surface area contributed by atoms with E-state index in [-0.39, 0.29) is 11.5 Å². The Labute approximate surface area is 138 Å². The second-order valence-corrected chi connectivity index (χ2v) is 5.39. The van der Waals surface area contributed by atoms with Gasteiger partial charge in [-0.15, -0.1) is 0 Å². The number of Topliss-reactive ketones (excluding diaryl/α,β-unsaturated/α-hetero) is 1. The molecule has 4 heteroatoms. The molecule has 0 bridgehead atoms. The highest BCUT2D eigenvalue weighted by Crippen LogP contribution is 2.35. The molecule has 0 atom stereocenters. The van der Waals surface area contributed by atoms with Crippen molar-refractivity contribution in [3.8, 4) is 11.5 Å². The molecule has 0 aliphatic carbocycles. The van der Waals surface area contributed by atoms with Crippen molar-refractivity contribution in [1.29, 1.82) is 0 Å². The van der Waals surface area contributed by atoms with Gasteiger partial charge >= 0.3 is 0 Å². The zero-order chi connectivity index (χ0) is 16.4. The predicted molar refractivity (Wildman–Crippen MR) is 88.9 cm³/mol. The highest BCUT2D eigenvalue weighted by molar-refractivity contribution is 6.14. The molecule has 0 radical (unpaired) electrons. The standard InChI is InChI=1S/C20H14O4/c21-20-17-9-8-16(23-13-14-5-2-1-3-6-14)11-18(17)24-19(20)12-15-7-4-10-22-15/h1-12H,13H2/b19-12+. The van der Waals surface area contributed by atoms with E-state index in [2.05, 4.69) is 0 Å². The first-order valence-electron chi connectivity index (χ1n) is 7.58. The number of ketones is 1. The number of allylic oxidation sites excluding steroid dienone is 1.